The van der Waals surface area contributed by atoms with E-state index in [2.05, 4.69) is 13.8 Å². The van der Waals surface area contributed by atoms with Crippen LogP contribution in [0.15, 0.2) is 0 Å². The summed E-state index contributed by atoms with van der Waals surface area (Å²) >= 11 is 0. The maximum Gasteiger partial charge on any atom is 0.306 e. The number of carbonyl (C=O) groups excluding carboxylic acids is 1. The van der Waals surface area contributed by atoms with Crippen molar-refractivity contribution in [3.8, 4) is 0 Å². The van der Waals surface area contributed by atoms with E-state index in [4.69, 9.17) is 4.74 Å². The molecule has 0 heterocycles. The van der Waals surface area contributed by atoms with Crippen molar-refractivity contribution in [3.05, 3.63) is 0 Å². The van der Waals surface area contributed by atoms with Crippen LogP contribution in [0.3, 0.4) is 0 Å². The molecule has 0 saturated heterocycles. The lowest BCUT2D eigenvalue weighted by Crippen LogP contribution is -2.26. The summed E-state index contributed by atoms with van der Waals surface area (Å²) in [6.45, 7) is 8.72. The van der Waals surface area contributed by atoms with Gasteiger partial charge >= 0.3 is 5.97 Å². The third-order valence-corrected chi connectivity index (χ3v) is 5.94. The Kier molecular flexibility index (Phi) is 19.0. The van der Waals surface area contributed by atoms with Crippen LogP contribution in [0.1, 0.15) is 137 Å². The lowest BCUT2D eigenvalue weighted by Gasteiger charge is -2.22. The van der Waals surface area contributed by atoms with Gasteiger partial charge in [0.1, 0.15) is 0 Å². The van der Waals surface area contributed by atoms with Crippen LogP contribution in [0.25, 0.3) is 0 Å². The SMILES string of the molecule is CCCCCCCCCCC(CCCCCCCC)CC(=O)OCC(C)(C)CO. The van der Waals surface area contributed by atoms with E-state index in [-0.39, 0.29) is 18.0 Å². The van der Waals surface area contributed by atoms with Crippen LogP contribution in [0, 0.1) is 11.3 Å². The Morgan fingerprint density at radius 3 is 1.59 bits per heavy atom. The molecule has 1 N–H and O–H groups in total. The van der Waals surface area contributed by atoms with E-state index < -0.39 is 0 Å². The van der Waals surface area contributed by atoms with Crippen molar-refractivity contribution in [3.63, 3.8) is 0 Å². The molecule has 1 unspecified atom stereocenters. The Morgan fingerprint density at radius 2 is 1.17 bits per heavy atom. The first-order chi connectivity index (χ1) is 13.9. The minimum atomic E-state index is -0.345. The summed E-state index contributed by atoms with van der Waals surface area (Å²) in [5.74, 6) is 0.382. The van der Waals surface area contributed by atoms with Gasteiger partial charge in [-0.15, -0.1) is 0 Å². The second kappa shape index (κ2) is 19.4. The van der Waals surface area contributed by atoms with Crippen molar-refractivity contribution in [1.82, 2.24) is 0 Å². The fourth-order valence-corrected chi connectivity index (χ4v) is 3.74. The van der Waals surface area contributed by atoms with Crippen molar-refractivity contribution in [2.45, 2.75) is 137 Å². The van der Waals surface area contributed by atoms with Gasteiger partial charge in [0.25, 0.3) is 0 Å². The number of carbonyl (C=O) groups is 1. The second-order valence-corrected chi connectivity index (χ2v) is 9.87. The van der Waals surface area contributed by atoms with E-state index in [0.717, 1.165) is 12.8 Å². The summed E-state index contributed by atoms with van der Waals surface area (Å²) in [5, 5.41) is 9.34. The van der Waals surface area contributed by atoms with E-state index in [1.165, 1.54) is 89.9 Å². The molecule has 0 saturated carbocycles. The van der Waals surface area contributed by atoms with E-state index in [0.29, 0.717) is 18.9 Å². The van der Waals surface area contributed by atoms with Crippen molar-refractivity contribution in [2.24, 2.45) is 11.3 Å². The summed E-state index contributed by atoms with van der Waals surface area (Å²) in [6, 6.07) is 0. The molecule has 0 fully saturated rings. The maximum absolute atomic E-state index is 12.3. The first-order valence-corrected chi connectivity index (χ1v) is 12.7. The third-order valence-electron chi connectivity index (χ3n) is 5.94. The second-order valence-electron chi connectivity index (χ2n) is 9.87. The number of rotatable bonds is 21. The summed E-state index contributed by atoms with van der Waals surface area (Å²) < 4.78 is 5.47. The number of ether oxygens (including phenoxy) is 1. The first kappa shape index (κ1) is 28.4. The summed E-state index contributed by atoms with van der Waals surface area (Å²) in [4.78, 5) is 12.3. The molecule has 3 heteroatoms. The van der Waals surface area contributed by atoms with Crippen LogP contribution < -0.4 is 0 Å². The Morgan fingerprint density at radius 1 is 0.759 bits per heavy atom. The van der Waals surface area contributed by atoms with Crippen LogP contribution in [0.5, 0.6) is 0 Å². The van der Waals surface area contributed by atoms with Gasteiger partial charge in [0.05, 0.1) is 13.2 Å². The molecule has 3 nitrogen and oxygen atoms in total. The van der Waals surface area contributed by atoms with Gasteiger partial charge in [0.2, 0.25) is 0 Å². The molecule has 29 heavy (non-hydrogen) atoms. The monoisotopic (exact) mass is 412 g/mol. The molecule has 0 aromatic rings. The number of hydrogen-bond donors (Lipinski definition) is 1. The number of hydrogen-bond acceptors (Lipinski definition) is 3. The lowest BCUT2D eigenvalue weighted by molar-refractivity contribution is -0.148. The van der Waals surface area contributed by atoms with E-state index in [9.17, 15) is 9.90 Å². The Bertz CT molecular complexity index is 365. The number of esters is 1. The Labute approximate surface area is 182 Å². The molecule has 0 aromatic carbocycles. The highest BCUT2D eigenvalue weighted by molar-refractivity contribution is 5.69. The van der Waals surface area contributed by atoms with Crippen LogP contribution in [-0.2, 0) is 9.53 Å². The van der Waals surface area contributed by atoms with Crippen LogP contribution >= 0.6 is 0 Å². The lowest BCUT2D eigenvalue weighted by atomic mass is 9.91. The minimum Gasteiger partial charge on any atom is -0.465 e. The van der Waals surface area contributed by atoms with Crippen molar-refractivity contribution in [2.75, 3.05) is 13.2 Å². The molecule has 0 bridgehead atoms. The molecule has 1 atom stereocenters. The standard InChI is InChI=1S/C26H52O3/c1-5-7-9-11-13-14-16-18-20-24(19-17-15-12-10-8-6-2)21-25(28)29-23-26(3,4)22-27/h24,27H,5-23H2,1-4H3. The molecule has 0 radical (unpaired) electrons. The van der Waals surface area contributed by atoms with Crippen molar-refractivity contribution >= 4 is 5.97 Å². The van der Waals surface area contributed by atoms with Crippen molar-refractivity contribution < 1.29 is 14.6 Å². The zero-order chi connectivity index (χ0) is 21.8. The van der Waals surface area contributed by atoms with Gasteiger partial charge in [-0.1, -0.05) is 118 Å². The van der Waals surface area contributed by atoms with Crippen LogP contribution in [0.4, 0.5) is 0 Å². The van der Waals surface area contributed by atoms with Gasteiger partial charge < -0.3 is 9.84 Å². The smallest absolute Gasteiger partial charge is 0.306 e. The normalized spacial score (nSPS) is 12.9. The molecule has 0 spiro atoms. The summed E-state index contributed by atoms with van der Waals surface area (Å²) in [7, 11) is 0. The number of aliphatic hydroxyl groups excluding tert-OH is 1. The molecule has 0 amide bonds. The summed E-state index contributed by atoms with van der Waals surface area (Å²) in [5.41, 5.74) is -0.345. The average molecular weight is 413 g/mol. The molecule has 0 aliphatic heterocycles. The maximum atomic E-state index is 12.3. The minimum absolute atomic E-state index is 0.0414. The fraction of sp³-hybridized carbons (Fsp3) is 0.962. The molecule has 0 aromatic heterocycles. The van der Waals surface area contributed by atoms with Gasteiger partial charge in [0.15, 0.2) is 0 Å². The molecule has 0 aliphatic carbocycles. The van der Waals surface area contributed by atoms with Gasteiger partial charge in [-0.2, -0.15) is 0 Å². The van der Waals surface area contributed by atoms with E-state index in [1.54, 1.807) is 0 Å². The van der Waals surface area contributed by atoms with E-state index >= 15 is 0 Å². The number of unbranched alkanes of at least 4 members (excludes halogenated alkanes) is 12. The zero-order valence-corrected chi connectivity index (χ0v) is 20.3. The molecular formula is C26H52O3. The predicted octanol–water partition coefficient (Wildman–Crippen LogP) is 7.84. The van der Waals surface area contributed by atoms with Crippen LogP contribution in [-0.4, -0.2) is 24.3 Å². The van der Waals surface area contributed by atoms with Gasteiger partial charge in [-0.25, -0.2) is 0 Å². The topological polar surface area (TPSA) is 46.5 Å². The Hall–Kier alpha value is -0.570. The molecule has 174 valence electrons. The quantitative estimate of drug-likeness (QED) is 0.154. The third kappa shape index (κ3) is 19.2. The van der Waals surface area contributed by atoms with Crippen LogP contribution in [0.2, 0.25) is 0 Å². The highest BCUT2D eigenvalue weighted by Crippen LogP contribution is 2.23. The zero-order valence-electron chi connectivity index (χ0n) is 20.3. The average Bonchev–Trinajstić information content (AvgIpc) is 2.70. The van der Waals surface area contributed by atoms with Crippen molar-refractivity contribution in [1.29, 1.82) is 0 Å². The molecular weight excluding hydrogens is 360 g/mol. The number of aliphatic hydroxyl groups is 1. The summed E-state index contributed by atoms with van der Waals surface area (Å²) in [6.07, 6.45) is 21.4. The van der Waals surface area contributed by atoms with E-state index in [1.807, 2.05) is 13.8 Å². The Balaban J connectivity index is 4.15. The highest BCUT2D eigenvalue weighted by atomic mass is 16.5. The molecule has 0 aliphatic rings. The highest BCUT2D eigenvalue weighted by Gasteiger charge is 2.21. The van der Waals surface area contributed by atoms with Gasteiger partial charge in [-0.05, 0) is 18.8 Å². The first-order valence-electron chi connectivity index (χ1n) is 12.7. The molecule has 0 rings (SSSR count). The largest absolute Gasteiger partial charge is 0.465 e. The van der Waals surface area contributed by atoms with Gasteiger partial charge in [0, 0.05) is 11.8 Å². The van der Waals surface area contributed by atoms with Gasteiger partial charge in [-0.3, -0.25) is 4.79 Å². The fourth-order valence-electron chi connectivity index (χ4n) is 3.74. The predicted molar refractivity (Wildman–Crippen MR) is 125 cm³/mol.